The van der Waals surface area contributed by atoms with Crippen molar-refractivity contribution in [2.45, 2.75) is 31.8 Å². The van der Waals surface area contributed by atoms with Crippen LogP contribution in [0.3, 0.4) is 0 Å². The zero-order valence-corrected chi connectivity index (χ0v) is 17.0. The number of ether oxygens (including phenoxy) is 1. The minimum Gasteiger partial charge on any atom is -0.469 e. The van der Waals surface area contributed by atoms with E-state index in [0.29, 0.717) is 18.7 Å². The molecule has 3 rings (SSSR count). The van der Waals surface area contributed by atoms with Crippen molar-refractivity contribution in [2.75, 3.05) is 33.3 Å². The predicted molar refractivity (Wildman–Crippen MR) is 111 cm³/mol. The number of nitrogen functional groups attached to an aromatic ring is 1. The van der Waals surface area contributed by atoms with Gasteiger partial charge in [0, 0.05) is 30.8 Å². The van der Waals surface area contributed by atoms with E-state index in [1.54, 1.807) is 12.1 Å². The van der Waals surface area contributed by atoms with Crippen LogP contribution in [0, 0.1) is 5.41 Å². The predicted octanol–water partition coefficient (Wildman–Crippen LogP) is 1.80. The van der Waals surface area contributed by atoms with Crippen LogP contribution in [0.1, 0.15) is 31.2 Å². The van der Waals surface area contributed by atoms with E-state index < -0.39 is 0 Å². The Hall–Kier alpha value is -2.16. The maximum absolute atomic E-state index is 13.1. The fourth-order valence-corrected chi connectivity index (χ4v) is 3.98. The lowest BCUT2D eigenvalue weighted by Gasteiger charge is -2.33. The molecule has 2 saturated heterocycles. The van der Waals surface area contributed by atoms with Gasteiger partial charge >= 0.3 is 12.0 Å². The van der Waals surface area contributed by atoms with E-state index in [1.807, 2.05) is 12.1 Å². The standard InChI is InChI=1S/C19H27N5O3.ClH/c1-27-17(25)9-12-24(15-7-5-14(6-8-15)18(20)21)13-16(22-19(24)26)23-10-3-2-4-11-23;/h5-8,16H,2-4,9-13H2,1H3,(H3-,20,21,22,26);1H/p+1. The van der Waals surface area contributed by atoms with Gasteiger partial charge in [0.25, 0.3) is 0 Å². The van der Waals surface area contributed by atoms with E-state index in [1.165, 1.54) is 13.5 Å². The van der Waals surface area contributed by atoms with Gasteiger partial charge in [-0.3, -0.25) is 20.4 Å². The van der Waals surface area contributed by atoms with Gasteiger partial charge in [-0.25, -0.2) is 9.28 Å². The molecule has 2 unspecified atom stereocenters. The lowest BCUT2D eigenvalue weighted by Crippen LogP contribution is -2.53. The first-order valence-corrected chi connectivity index (χ1v) is 9.40. The third kappa shape index (κ3) is 4.45. The number of carbonyl (C=O) groups is 2. The zero-order valence-electron chi connectivity index (χ0n) is 16.1. The minimum absolute atomic E-state index is 0. The van der Waals surface area contributed by atoms with Crippen molar-refractivity contribution >= 4 is 35.9 Å². The van der Waals surface area contributed by atoms with Crippen LogP contribution in [0.5, 0.6) is 0 Å². The van der Waals surface area contributed by atoms with Crippen molar-refractivity contribution in [3.8, 4) is 0 Å². The van der Waals surface area contributed by atoms with Gasteiger partial charge in [-0.1, -0.05) is 6.42 Å². The van der Waals surface area contributed by atoms with Crippen molar-refractivity contribution in [3.05, 3.63) is 29.8 Å². The molecular weight excluding hydrogens is 382 g/mol. The van der Waals surface area contributed by atoms with E-state index in [4.69, 9.17) is 15.9 Å². The van der Waals surface area contributed by atoms with Gasteiger partial charge in [-0.15, -0.1) is 12.4 Å². The van der Waals surface area contributed by atoms with Crippen molar-refractivity contribution in [2.24, 2.45) is 5.73 Å². The molecule has 4 N–H and O–H groups in total. The average Bonchev–Trinajstić information content (AvgIpc) is 3.04. The maximum atomic E-state index is 13.1. The first kappa shape index (κ1) is 22.1. The molecular formula is C19H29ClN5O3+. The number of likely N-dealkylation sites (tertiary alicyclic amines) is 1. The number of rotatable bonds is 6. The first-order chi connectivity index (χ1) is 13.0. The third-order valence-electron chi connectivity index (χ3n) is 5.59. The number of esters is 1. The number of piperidine rings is 1. The molecule has 2 atom stereocenters. The van der Waals surface area contributed by atoms with Crippen LogP contribution in [-0.2, 0) is 9.53 Å². The number of quaternary nitrogens is 1. The van der Waals surface area contributed by atoms with Gasteiger partial charge < -0.3 is 10.5 Å². The fourth-order valence-electron chi connectivity index (χ4n) is 3.98. The number of methoxy groups -OCH3 is 1. The molecule has 1 aromatic rings. The molecule has 1 aromatic carbocycles. The highest BCUT2D eigenvalue weighted by molar-refractivity contribution is 5.96. The topological polar surface area (TPSA) is 109 Å². The van der Waals surface area contributed by atoms with Gasteiger partial charge in [-0.05, 0) is 25.0 Å². The Morgan fingerprint density at radius 1 is 1.29 bits per heavy atom. The molecule has 9 heteroatoms. The molecule has 2 aliphatic heterocycles. The smallest absolute Gasteiger partial charge is 0.423 e. The molecule has 8 nitrogen and oxygen atoms in total. The summed E-state index contributed by atoms with van der Waals surface area (Å²) in [4.78, 5) is 27.2. The van der Waals surface area contributed by atoms with E-state index in [-0.39, 0.29) is 47.3 Å². The van der Waals surface area contributed by atoms with Crippen molar-refractivity contribution in [1.82, 2.24) is 14.7 Å². The van der Waals surface area contributed by atoms with Crippen LogP contribution < -0.4 is 15.5 Å². The highest BCUT2D eigenvalue weighted by Crippen LogP contribution is 2.30. The lowest BCUT2D eigenvalue weighted by atomic mass is 10.1. The number of nitrogens with two attached hydrogens (primary N) is 1. The summed E-state index contributed by atoms with van der Waals surface area (Å²) < 4.78 is 4.83. The molecule has 0 spiro atoms. The van der Waals surface area contributed by atoms with E-state index in [2.05, 4.69) is 10.2 Å². The zero-order chi connectivity index (χ0) is 19.4. The van der Waals surface area contributed by atoms with Crippen LogP contribution in [-0.4, -0.2) is 62.2 Å². The first-order valence-electron chi connectivity index (χ1n) is 9.40. The quantitative estimate of drug-likeness (QED) is 0.287. The molecule has 0 bridgehead atoms. The van der Waals surface area contributed by atoms with E-state index in [9.17, 15) is 9.59 Å². The summed E-state index contributed by atoms with van der Waals surface area (Å²) in [6, 6.07) is 7.04. The summed E-state index contributed by atoms with van der Waals surface area (Å²) in [5, 5.41) is 10.7. The Morgan fingerprint density at radius 3 is 2.50 bits per heavy atom. The summed E-state index contributed by atoms with van der Waals surface area (Å²) >= 11 is 0. The summed E-state index contributed by atoms with van der Waals surface area (Å²) in [6.45, 7) is 2.86. The van der Waals surface area contributed by atoms with Gasteiger partial charge in [0.15, 0.2) is 0 Å². The summed E-state index contributed by atoms with van der Waals surface area (Å²) in [7, 11) is 1.36. The number of hydrogen-bond donors (Lipinski definition) is 3. The summed E-state index contributed by atoms with van der Waals surface area (Å²) in [6.07, 6.45) is 3.63. The molecule has 0 saturated carbocycles. The Balaban J connectivity index is 0.00000280. The number of amidine groups is 1. The Labute approximate surface area is 171 Å². The van der Waals surface area contributed by atoms with Crippen LogP contribution in [0.25, 0.3) is 0 Å². The van der Waals surface area contributed by atoms with Crippen molar-refractivity contribution in [3.63, 3.8) is 0 Å². The van der Waals surface area contributed by atoms with Gasteiger partial charge in [0.1, 0.15) is 30.8 Å². The van der Waals surface area contributed by atoms with Gasteiger partial charge in [0.2, 0.25) is 0 Å². The number of nitrogens with one attached hydrogen (secondary N) is 2. The Kier molecular flexibility index (Phi) is 7.40. The van der Waals surface area contributed by atoms with Crippen LogP contribution in [0.2, 0.25) is 0 Å². The fraction of sp³-hybridized carbons (Fsp3) is 0.526. The van der Waals surface area contributed by atoms with E-state index in [0.717, 1.165) is 31.6 Å². The normalized spacial score (nSPS) is 24.9. The molecule has 2 aliphatic rings. The molecule has 154 valence electrons. The third-order valence-corrected chi connectivity index (χ3v) is 5.59. The number of urea groups is 1. The van der Waals surface area contributed by atoms with Crippen molar-refractivity contribution in [1.29, 1.82) is 5.41 Å². The molecule has 0 aromatic heterocycles. The summed E-state index contributed by atoms with van der Waals surface area (Å²) in [5.74, 6) is -0.346. The Bertz CT molecular complexity index is 721. The second-order valence-corrected chi connectivity index (χ2v) is 7.22. The molecule has 28 heavy (non-hydrogen) atoms. The van der Waals surface area contributed by atoms with Crippen LogP contribution in [0.15, 0.2) is 24.3 Å². The number of carbonyl (C=O) groups excluding carboxylic acids is 2. The van der Waals surface area contributed by atoms with Crippen molar-refractivity contribution < 1.29 is 14.3 Å². The monoisotopic (exact) mass is 410 g/mol. The highest BCUT2D eigenvalue weighted by Gasteiger charge is 2.50. The Morgan fingerprint density at radius 2 is 1.93 bits per heavy atom. The second-order valence-electron chi connectivity index (χ2n) is 7.22. The van der Waals surface area contributed by atoms with Gasteiger partial charge in [-0.2, -0.15) is 0 Å². The number of hydrogen-bond acceptors (Lipinski definition) is 5. The molecule has 0 aliphatic carbocycles. The average molecular weight is 411 g/mol. The molecule has 2 fully saturated rings. The largest absolute Gasteiger partial charge is 0.469 e. The number of halogens is 1. The number of benzene rings is 1. The number of amides is 2. The minimum atomic E-state index is -0.331. The SMILES string of the molecule is COC(=O)CC[N+]1(c2ccc(C(=N)N)cc2)CC(N2CCCCC2)NC1=O.Cl. The molecule has 0 radical (unpaired) electrons. The highest BCUT2D eigenvalue weighted by atomic mass is 35.5. The van der Waals surface area contributed by atoms with Crippen LogP contribution in [0.4, 0.5) is 10.5 Å². The number of nitrogens with zero attached hydrogens (tertiary/aromatic N) is 2. The van der Waals surface area contributed by atoms with Gasteiger partial charge in [0.05, 0.1) is 13.5 Å². The summed E-state index contributed by atoms with van der Waals surface area (Å²) in [5.41, 5.74) is 6.95. The second kappa shape index (κ2) is 9.36. The molecule has 2 heterocycles. The lowest BCUT2D eigenvalue weighted by molar-refractivity contribution is -0.140. The molecule has 2 amide bonds. The maximum Gasteiger partial charge on any atom is 0.423 e. The van der Waals surface area contributed by atoms with E-state index >= 15 is 0 Å². The van der Waals surface area contributed by atoms with Crippen LogP contribution >= 0.6 is 12.4 Å².